The Bertz CT molecular complexity index is 955. The highest BCUT2D eigenvalue weighted by molar-refractivity contribution is 8.00. The molecule has 1 aliphatic heterocycles. The second-order valence-corrected chi connectivity index (χ2v) is 7.16. The van der Waals surface area contributed by atoms with Crippen LogP contribution in [0.4, 0.5) is 5.69 Å². The summed E-state index contributed by atoms with van der Waals surface area (Å²) in [4.78, 5) is 0. The second-order valence-electron chi connectivity index (χ2n) is 6.45. The second kappa shape index (κ2) is 7.22. The molecule has 0 radical (unpaired) electrons. The summed E-state index contributed by atoms with van der Waals surface area (Å²) in [7, 11) is 0. The van der Waals surface area contributed by atoms with E-state index < -0.39 is 0 Å². The predicted molar refractivity (Wildman–Crippen MR) is 113 cm³/mol. The number of hydrogen-bond acceptors (Lipinski definition) is 3. The van der Waals surface area contributed by atoms with E-state index in [2.05, 4.69) is 97.0 Å². The van der Waals surface area contributed by atoms with Gasteiger partial charge < -0.3 is 0 Å². The van der Waals surface area contributed by atoms with Crippen molar-refractivity contribution in [2.45, 2.75) is 13.8 Å². The summed E-state index contributed by atoms with van der Waals surface area (Å²) in [5.41, 5.74) is 8.10. The minimum absolute atomic E-state index is 0.997. The fourth-order valence-corrected chi connectivity index (χ4v) is 3.67. The van der Waals surface area contributed by atoms with Gasteiger partial charge >= 0.3 is 0 Å². The summed E-state index contributed by atoms with van der Waals surface area (Å²) < 4.78 is 6.96. The summed E-state index contributed by atoms with van der Waals surface area (Å²) in [6.07, 6.45) is 2.18. The van der Waals surface area contributed by atoms with E-state index in [0.717, 1.165) is 22.7 Å². The molecule has 128 valence electrons. The zero-order valence-electron chi connectivity index (χ0n) is 14.9. The molecule has 1 heterocycles. The van der Waals surface area contributed by atoms with E-state index in [0.29, 0.717) is 0 Å². The maximum absolute atomic E-state index is 4.77. The maximum Gasteiger partial charge on any atom is 0.0987 e. The van der Waals surface area contributed by atoms with Crippen molar-refractivity contribution >= 4 is 29.2 Å². The zero-order chi connectivity index (χ0) is 17.9. The molecule has 0 saturated heterocycles. The van der Waals surface area contributed by atoms with Crippen molar-refractivity contribution in [2.24, 2.45) is 4.40 Å². The average molecular weight is 356 g/mol. The van der Waals surface area contributed by atoms with Gasteiger partial charge in [-0.1, -0.05) is 77.9 Å². The lowest BCUT2D eigenvalue weighted by atomic mass is 10.0. The van der Waals surface area contributed by atoms with Crippen molar-refractivity contribution in [1.82, 2.24) is 0 Å². The van der Waals surface area contributed by atoms with Gasteiger partial charge in [0.2, 0.25) is 0 Å². The molecule has 2 nitrogen and oxygen atoms in total. The van der Waals surface area contributed by atoms with Crippen LogP contribution in [-0.4, -0.2) is 5.71 Å². The number of anilines is 1. The molecule has 0 N–H and O–H groups in total. The normalized spacial score (nSPS) is 14.0. The minimum atomic E-state index is 0.997. The van der Waals surface area contributed by atoms with E-state index in [-0.39, 0.29) is 0 Å². The summed E-state index contributed by atoms with van der Waals surface area (Å²) in [6.45, 7) is 4.21. The third kappa shape index (κ3) is 3.44. The number of aryl methyl sites for hydroxylation is 2. The first-order valence-corrected chi connectivity index (χ1v) is 9.40. The fraction of sp³-hybridized carbons (Fsp3) is 0.0870. The molecule has 3 aromatic rings. The third-order valence-electron chi connectivity index (χ3n) is 4.40. The molecule has 3 aromatic carbocycles. The highest BCUT2D eigenvalue weighted by Crippen LogP contribution is 2.37. The predicted octanol–water partition coefficient (Wildman–Crippen LogP) is 6.22. The van der Waals surface area contributed by atoms with Crippen molar-refractivity contribution in [3.8, 4) is 0 Å². The fourth-order valence-electron chi connectivity index (χ4n) is 2.88. The largest absolute Gasteiger partial charge is 0.265 e. The zero-order valence-corrected chi connectivity index (χ0v) is 15.7. The first kappa shape index (κ1) is 16.7. The SMILES string of the molecule is Cc1ccc(C2=NSN(c3ccc(C)cc3)C(c3ccccc3)=C2)cc1. The Labute approximate surface area is 159 Å². The van der Waals surface area contributed by atoms with Gasteiger partial charge in [-0.25, -0.2) is 0 Å². The van der Waals surface area contributed by atoms with Gasteiger partial charge in [0.05, 0.1) is 29.2 Å². The average Bonchev–Trinajstić information content (AvgIpc) is 2.69. The van der Waals surface area contributed by atoms with Gasteiger partial charge in [0.1, 0.15) is 0 Å². The molecule has 0 atom stereocenters. The van der Waals surface area contributed by atoms with E-state index >= 15 is 0 Å². The number of hydrogen-bond donors (Lipinski definition) is 0. The molecule has 0 unspecified atom stereocenters. The lowest BCUT2D eigenvalue weighted by molar-refractivity contribution is 1.39. The first-order chi connectivity index (χ1) is 12.7. The summed E-state index contributed by atoms with van der Waals surface area (Å²) in [5.74, 6) is 0. The maximum atomic E-state index is 4.77. The van der Waals surface area contributed by atoms with E-state index in [1.165, 1.54) is 28.8 Å². The van der Waals surface area contributed by atoms with Crippen LogP contribution in [0.5, 0.6) is 0 Å². The molecule has 0 aliphatic carbocycles. The monoisotopic (exact) mass is 356 g/mol. The van der Waals surface area contributed by atoms with Crippen molar-refractivity contribution in [3.63, 3.8) is 0 Å². The van der Waals surface area contributed by atoms with Crippen LogP contribution >= 0.6 is 12.1 Å². The molecule has 3 heteroatoms. The molecular weight excluding hydrogens is 336 g/mol. The van der Waals surface area contributed by atoms with Gasteiger partial charge in [0.25, 0.3) is 0 Å². The Morgan fingerprint density at radius 2 is 1.31 bits per heavy atom. The van der Waals surface area contributed by atoms with E-state index in [9.17, 15) is 0 Å². The molecule has 0 saturated carbocycles. The van der Waals surface area contributed by atoms with Crippen LogP contribution in [0, 0.1) is 13.8 Å². The molecule has 4 rings (SSSR count). The van der Waals surface area contributed by atoms with Gasteiger partial charge in [-0.3, -0.25) is 4.31 Å². The van der Waals surface area contributed by atoms with Gasteiger partial charge in [-0.2, -0.15) is 4.40 Å². The molecule has 0 aromatic heterocycles. The summed E-state index contributed by atoms with van der Waals surface area (Å²) >= 11 is 1.49. The number of allylic oxidation sites excluding steroid dienone is 1. The standard InChI is InChI=1S/C23H20N2S/c1-17-8-12-19(13-9-17)22-16-23(20-6-4-3-5-7-20)25(26-24-22)21-14-10-18(2)11-15-21/h3-16H,1-2H3. The van der Waals surface area contributed by atoms with Crippen molar-refractivity contribution < 1.29 is 0 Å². The van der Waals surface area contributed by atoms with E-state index in [1.54, 1.807) is 0 Å². The topological polar surface area (TPSA) is 15.6 Å². The first-order valence-electron chi connectivity index (χ1n) is 8.67. The van der Waals surface area contributed by atoms with Crippen LogP contribution < -0.4 is 4.31 Å². The Morgan fingerprint density at radius 3 is 1.96 bits per heavy atom. The Morgan fingerprint density at radius 1 is 0.692 bits per heavy atom. The Balaban J connectivity index is 1.77. The highest BCUT2D eigenvalue weighted by atomic mass is 32.2. The van der Waals surface area contributed by atoms with Crippen molar-refractivity contribution in [3.05, 3.63) is 107 Å². The van der Waals surface area contributed by atoms with Gasteiger partial charge in [-0.05, 0) is 37.6 Å². The van der Waals surface area contributed by atoms with Gasteiger partial charge in [-0.15, -0.1) is 0 Å². The molecule has 0 fully saturated rings. The van der Waals surface area contributed by atoms with Crippen LogP contribution in [0.3, 0.4) is 0 Å². The minimum Gasteiger partial charge on any atom is -0.265 e. The lowest BCUT2D eigenvalue weighted by Crippen LogP contribution is -2.17. The number of benzene rings is 3. The third-order valence-corrected chi connectivity index (χ3v) is 5.25. The van der Waals surface area contributed by atoms with Crippen LogP contribution in [0.2, 0.25) is 0 Å². The highest BCUT2D eigenvalue weighted by Gasteiger charge is 2.20. The molecule has 26 heavy (non-hydrogen) atoms. The lowest BCUT2D eigenvalue weighted by Gasteiger charge is -2.27. The van der Waals surface area contributed by atoms with E-state index in [4.69, 9.17) is 4.40 Å². The number of rotatable bonds is 3. The molecule has 1 aliphatic rings. The van der Waals surface area contributed by atoms with Gasteiger partial charge in [0.15, 0.2) is 0 Å². The molecule has 0 amide bonds. The van der Waals surface area contributed by atoms with Crippen LogP contribution in [0.25, 0.3) is 5.70 Å². The Hall–Kier alpha value is -2.78. The Kier molecular flexibility index (Phi) is 4.63. The molecule has 0 spiro atoms. The van der Waals surface area contributed by atoms with E-state index in [1.807, 2.05) is 6.07 Å². The summed E-state index contributed by atoms with van der Waals surface area (Å²) in [6, 6.07) is 27.6. The van der Waals surface area contributed by atoms with Gasteiger partial charge in [0, 0.05) is 5.56 Å². The van der Waals surface area contributed by atoms with Crippen LogP contribution in [0.1, 0.15) is 22.3 Å². The smallest absolute Gasteiger partial charge is 0.0987 e. The summed E-state index contributed by atoms with van der Waals surface area (Å²) in [5, 5.41) is 0. The quantitative estimate of drug-likeness (QED) is 0.518. The molecule has 0 bridgehead atoms. The van der Waals surface area contributed by atoms with Crippen LogP contribution in [-0.2, 0) is 0 Å². The molecular formula is C23H20N2S. The van der Waals surface area contributed by atoms with Crippen molar-refractivity contribution in [2.75, 3.05) is 4.31 Å². The number of nitrogens with zero attached hydrogens (tertiary/aromatic N) is 2. The van der Waals surface area contributed by atoms with Crippen LogP contribution in [0.15, 0.2) is 89.3 Å². The van der Waals surface area contributed by atoms with Crippen molar-refractivity contribution in [1.29, 1.82) is 0 Å².